The van der Waals surface area contributed by atoms with Crippen LogP contribution in [0.4, 0.5) is 5.69 Å². The molecule has 0 aliphatic heterocycles. The molecule has 0 radical (unpaired) electrons. The van der Waals surface area contributed by atoms with Gasteiger partial charge in [0.1, 0.15) is 17.0 Å². The van der Waals surface area contributed by atoms with E-state index in [2.05, 4.69) is 5.32 Å². The first-order chi connectivity index (χ1) is 12.7. The van der Waals surface area contributed by atoms with Crippen LogP contribution in [0.1, 0.15) is 34.8 Å². The van der Waals surface area contributed by atoms with Crippen LogP contribution in [0, 0.1) is 0 Å². The molecule has 1 amide bonds. The molecule has 3 aromatic rings. The van der Waals surface area contributed by atoms with Gasteiger partial charge >= 0.3 is 5.97 Å². The summed E-state index contributed by atoms with van der Waals surface area (Å²) in [4.78, 5) is 25.0. The fourth-order valence-corrected chi connectivity index (χ4v) is 2.63. The molecule has 1 heterocycles. The lowest BCUT2D eigenvalue weighted by atomic mass is 10.1. The van der Waals surface area contributed by atoms with Crippen LogP contribution in [0.15, 0.2) is 52.9 Å². The Bertz CT molecular complexity index is 944. The van der Waals surface area contributed by atoms with Crippen LogP contribution in [-0.4, -0.2) is 25.1 Å². The van der Waals surface area contributed by atoms with Crippen molar-refractivity contribution < 1.29 is 23.5 Å². The number of amides is 1. The van der Waals surface area contributed by atoms with Crippen molar-refractivity contribution in [2.24, 2.45) is 0 Å². The Labute approximate surface area is 150 Å². The lowest BCUT2D eigenvalue weighted by Crippen LogP contribution is -2.16. The number of rotatable bonds is 6. The van der Waals surface area contributed by atoms with Crippen molar-refractivity contribution in [2.75, 3.05) is 18.5 Å². The zero-order chi connectivity index (χ0) is 18.5. The third-order valence-corrected chi connectivity index (χ3v) is 3.73. The number of para-hydroxylation sites is 2. The second-order valence-corrected chi connectivity index (χ2v) is 5.41. The van der Waals surface area contributed by atoms with Crippen LogP contribution in [0.3, 0.4) is 0 Å². The third-order valence-electron chi connectivity index (χ3n) is 3.73. The number of hydrogen-bond donors (Lipinski definition) is 1. The van der Waals surface area contributed by atoms with Gasteiger partial charge in [-0.2, -0.15) is 0 Å². The van der Waals surface area contributed by atoms with Crippen molar-refractivity contribution in [3.8, 4) is 5.75 Å². The number of carbonyl (C=O) groups is 2. The van der Waals surface area contributed by atoms with Gasteiger partial charge in [-0.05, 0) is 38.1 Å². The van der Waals surface area contributed by atoms with Gasteiger partial charge in [0.05, 0.1) is 18.8 Å². The highest BCUT2D eigenvalue weighted by atomic mass is 16.5. The molecule has 0 unspecified atom stereocenters. The van der Waals surface area contributed by atoms with E-state index in [1.165, 1.54) is 0 Å². The number of benzene rings is 2. The van der Waals surface area contributed by atoms with Crippen LogP contribution in [0.2, 0.25) is 0 Å². The van der Waals surface area contributed by atoms with Crippen LogP contribution in [-0.2, 0) is 4.74 Å². The van der Waals surface area contributed by atoms with Crippen LogP contribution < -0.4 is 10.1 Å². The second-order valence-electron chi connectivity index (χ2n) is 5.41. The van der Waals surface area contributed by atoms with Crippen molar-refractivity contribution in [2.45, 2.75) is 13.8 Å². The van der Waals surface area contributed by atoms with Gasteiger partial charge in [0.15, 0.2) is 0 Å². The summed E-state index contributed by atoms with van der Waals surface area (Å²) in [5.41, 5.74) is 1.15. The van der Waals surface area contributed by atoms with E-state index >= 15 is 0 Å². The zero-order valence-corrected chi connectivity index (χ0v) is 14.6. The molecule has 0 aliphatic rings. The molecule has 1 N–H and O–H groups in total. The molecule has 0 saturated heterocycles. The molecule has 3 rings (SSSR count). The number of furan rings is 1. The number of esters is 1. The summed E-state index contributed by atoms with van der Waals surface area (Å²) >= 11 is 0. The molecule has 6 heteroatoms. The molecule has 1 aromatic heterocycles. The quantitative estimate of drug-likeness (QED) is 0.670. The largest absolute Gasteiger partial charge is 0.493 e. The molecule has 0 spiro atoms. The average molecular weight is 353 g/mol. The van der Waals surface area contributed by atoms with Crippen LogP contribution >= 0.6 is 0 Å². The van der Waals surface area contributed by atoms with Gasteiger partial charge in [0.25, 0.3) is 5.91 Å². The van der Waals surface area contributed by atoms with Crippen molar-refractivity contribution in [3.63, 3.8) is 0 Å². The van der Waals surface area contributed by atoms with E-state index in [1.54, 1.807) is 55.5 Å². The first-order valence-electron chi connectivity index (χ1n) is 8.37. The number of fused-ring (bicyclic) bond motifs is 1. The SMILES string of the molecule is CCOC(=O)c1oc2ccccc2c1NC(=O)c1ccccc1OCC. The fraction of sp³-hybridized carbons (Fsp3) is 0.200. The van der Waals surface area contributed by atoms with Gasteiger partial charge in [0.2, 0.25) is 5.76 Å². The summed E-state index contributed by atoms with van der Waals surface area (Å²) in [6.45, 7) is 4.19. The van der Waals surface area contributed by atoms with Crippen LogP contribution in [0.25, 0.3) is 11.0 Å². The van der Waals surface area contributed by atoms with Gasteiger partial charge in [-0.15, -0.1) is 0 Å². The number of anilines is 1. The first-order valence-corrected chi connectivity index (χ1v) is 8.37. The van der Waals surface area contributed by atoms with Gasteiger partial charge in [-0.3, -0.25) is 4.79 Å². The predicted octanol–water partition coefficient (Wildman–Crippen LogP) is 4.26. The number of ether oxygens (including phenoxy) is 2. The van der Waals surface area contributed by atoms with Crippen molar-refractivity contribution >= 4 is 28.5 Å². The minimum absolute atomic E-state index is 0.0321. The monoisotopic (exact) mass is 353 g/mol. The molecule has 2 aromatic carbocycles. The van der Waals surface area contributed by atoms with Crippen molar-refractivity contribution in [1.29, 1.82) is 0 Å². The lowest BCUT2D eigenvalue weighted by Gasteiger charge is -2.10. The Morgan fingerprint density at radius 1 is 1.00 bits per heavy atom. The van der Waals surface area contributed by atoms with Gasteiger partial charge < -0.3 is 19.2 Å². The maximum Gasteiger partial charge on any atom is 0.376 e. The second kappa shape index (κ2) is 7.74. The zero-order valence-electron chi connectivity index (χ0n) is 14.6. The summed E-state index contributed by atoms with van der Waals surface area (Å²) < 4.78 is 16.2. The van der Waals surface area contributed by atoms with Gasteiger partial charge in [0, 0.05) is 5.39 Å². The summed E-state index contributed by atoms with van der Waals surface area (Å²) in [6, 6.07) is 14.0. The Morgan fingerprint density at radius 2 is 1.73 bits per heavy atom. The number of nitrogens with one attached hydrogen (secondary N) is 1. The standard InChI is InChI=1S/C20H19NO5/c1-3-24-15-11-7-6-10-14(15)19(22)21-17-13-9-5-8-12-16(13)26-18(17)20(23)25-4-2/h5-12H,3-4H2,1-2H3,(H,21,22). The molecule has 0 aliphatic carbocycles. The summed E-state index contributed by atoms with van der Waals surface area (Å²) in [6.07, 6.45) is 0. The van der Waals surface area contributed by atoms with E-state index in [4.69, 9.17) is 13.9 Å². The number of hydrogen-bond acceptors (Lipinski definition) is 5. The third kappa shape index (κ3) is 3.39. The molecule has 26 heavy (non-hydrogen) atoms. The van der Waals surface area contributed by atoms with E-state index in [9.17, 15) is 9.59 Å². The van der Waals surface area contributed by atoms with Crippen LogP contribution in [0.5, 0.6) is 5.75 Å². The van der Waals surface area contributed by atoms with E-state index < -0.39 is 11.9 Å². The maximum atomic E-state index is 12.8. The predicted molar refractivity (Wildman–Crippen MR) is 97.7 cm³/mol. The summed E-state index contributed by atoms with van der Waals surface area (Å²) in [5.74, 6) is -0.587. The minimum atomic E-state index is -0.628. The van der Waals surface area contributed by atoms with E-state index in [0.29, 0.717) is 28.9 Å². The Balaban J connectivity index is 2.01. The minimum Gasteiger partial charge on any atom is -0.493 e. The highest BCUT2D eigenvalue weighted by Gasteiger charge is 2.24. The van der Waals surface area contributed by atoms with Crippen molar-refractivity contribution in [3.05, 3.63) is 59.9 Å². The lowest BCUT2D eigenvalue weighted by molar-refractivity contribution is 0.0494. The average Bonchev–Trinajstić information content (AvgIpc) is 3.01. The van der Waals surface area contributed by atoms with E-state index in [1.807, 2.05) is 6.92 Å². The Morgan fingerprint density at radius 3 is 2.50 bits per heavy atom. The molecular weight excluding hydrogens is 334 g/mol. The highest BCUT2D eigenvalue weighted by Crippen LogP contribution is 2.32. The maximum absolute atomic E-state index is 12.8. The van der Waals surface area contributed by atoms with Gasteiger partial charge in [-0.1, -0.05) is 24.3 Å². The summed E-state index contributed by atoms with van der Waals surface area (Å²) in [7, 11) is 0. The Kier molecular flexibility index (Phi) is 5.22. The van der Waals surface area contributed by atoms with Crippen molar-refractivity contribution in [1.82, 2.24) is 0 Å². The molecule has 0 atom stereocenters. The smallest absolute Gasteiger partial charge is 0.376 e. The Hall–Kier alpha value is -3.28. The summed E-state index contributed by atoms with van der Waals surface area (Å²) in [5, 5.41) is 3.40. The molecular formula is C20H19NO5. The molecule has 0 fully saturated rings. The van der Waals surface area contributed by atoms with E-state index in [0.717, 1.165) is 0 Å². The molecule has 134 valence electrons. The topological polar surface area (TPSA) is 77.8 Å². The number of carbonyl (C=O) groups excluding carboxylic acids is 2. The normalized spacial score (nSPS) is 10.5. The van der Waals surface area contributed by atoms with E-state index in [-0.39, 0.29) is 18.1 Å². The fourth-order valence-electron chi connectivity index (χ4n) is 2.63. The highest BCUT2D eigenvalue weighted by molar-refractivity contribution is 6.14. The molecule has 0 saturated carbocycles. The molecule has 6 nitrogen and oxygen atoms in total. The first kappa shape index (κ1) is 17.5. The molecule has 0 bridgehead atoms. The van der Waals surface area contributed by atoms with Gasteiger partial charge in [-0.25, -0.2) is 4.79 Å².